The minimum Gasteiger partial charge on any atom is -0.480 e. The van der Waals surface area contributed by atoms with Crippen molar-refractivity contribution in [2.24, 2.45) is 13.0 Å². The maximum absolute atomic E-state index is 12.5. The van der Waals surface area contributed by atoms with Gasteiger partial charge >= 0.3 is 5.97 Å². The first-order valence-corrected chi connectivity index (χ1v) is 7.46. The third-order valence-corrected chi connectivity index (χ3v) is 4.24. The molecule has 21 heavy (non-hydrogen) atoms. The van der Waals surface area contributed by atoms with Gasteiger partial charge in [0.25, 0.3) is 5.91 Å². The Morgan fingerprint density at radius 2 is 2.29 bits per heavy atom. The van der Waals surface area contributed by atoms with E-state index in [9.17, 15) is 14.7 Å². The summed E-state index contributed by atoms with van der Waals surface area (Å²) in [5.74, 6) is -0.976. The Labute approximate surface area is 124 Å². The number of carboxylic acids is 1. The summed E-state index contributed by atoms with van der Waals surface area (Å²) in [5, 5.41) is 16.6. The van der Waals surface area contributed by atoms with Crippen molar-refractivity contribution >= 4 is 11.9 Å². The second kappa shape index (κ2) is 5.87. The molecule has 6 heteroatoms. The van der Waals surface area contributed by atoms with Crippen molar-refractivity contribution in [1.29, 1.82) is 0 Å². The van der Waals surface area contributed by atoms with E-state index in [2.05, 4.69) is 10.4 Å². The smallest absolute Gasteiger partial charge is 0.329 e. The number of carbonyl (C=O) groups excluding carboxylic acids is 1. The number of nitrogens with zero attached hydrogens (tertiary/aromatic N) is 2. The van der Waals surface area contributed by atoms with Gasteiger partial charge in [0, 0.05) is 13.2 Å². The van der Waals surface area contributed by atoms with Crippen LogP contribution in [-0.2, 0) is 18.3 Å². The van der Waals surface area contributed by atoms with Gasteiger partial charge in [0.15, 0.2) is 0 Å². The molecule has 0 saturated heterocycles. The van der Waals surface area contributed by atoms with Gasteiger partial charge in [-0.25, -0.2) is 4.79 Å². The van der Waals surface area contributed by atoms with Crippen LogP contribution in [-0.4, -0.2) is 32.3 Å². The van der Waals surface area contributed by atoms with E-state index in [0.29, 0.717) is 36.4 Å². The average Bonchev–Trinajstić information content (AvgIpc) is 2.80. The fourth-order valence-corrected chi connectivity index (χ4v) is 3.18. The standard InChI is InChI=1S/C15H23N3O3/c1-4-12-11(9-18(3)17-12)13(19)16-15(14(20)21)7-5-6-10(2)8-15/h9-10H,4-8H2,1-3H3,(H,16,19)(H,20,21). The maximum atomic E-state index is 12.5. The van der Waals surface area contributed by atoms with Crippen LogP contribution in [0.5, 0.6) is 0 Å². The highest BCUT2D eigenvalue weighted by Gasteiger charge is 2.43. The molecule has 0 radical (unpaired) electrons. The SMILES string of the molecule is CCc1nn(C)cc1C(=O)NC1(C(=O)O)CCCC(C)C1. The van der Waals surface area contributed by atoms with Crippen molar-refractivity contribution in [2.75, 3.05) is 0 Å². The van der Waals surface area contributed by atoms with Crippen LogP contribution in [0.2, 0.25) is 0 Å². The van der Waals surface area contributed by atoms with Crippen LogP contribution in [0.25, 0.3) is 0 Å². The number of rotatable bonds is 4. The predicted molar refractivity (Wildman–Crippen MR) is 78.1 cm³/mol. The molecule has 1 aromatic heterocycles. The van der Waals surface area contributed by atoms with Gasteiger partial charge in [-0.2, -0.15) is 5.10 Å². The number of amides is 1. The Kier molecular flexibility index (Phi) is 4.34. The fraction of sp³-hybridized carbons (Fsp3) is 0.667. The summed E-state index contributed by atoms with van der Waals surface area (Å²) in [5.41, 5.74) is 0.0218. The molecule has 1 heterocycles. The first-order chi connectivity index (χ1) is 9.88. The zero-order chi connectivity index (χ0) is 15.6. The van der Waals surface area contributed by atoms with Crippen LogP contribution in [0, 0.1) is 5.92 Å². The van der Waals surface area contributed by atoms with Gasteiger partial charge in [-0.15, -0.1) is 0 Å². The van der Waals surface area contributed by atoms with Crippen molar-refractivity contribution < 1.29 is 14.7 Å². The Hall–Kier alpha value is -1.85. The molecule has 0 bridgehead atoms. The molecular formula is C15H23N3O3. The number of nitrogens with one attached hydrogen (secondary N) is 1. The topological polar surface area (TPSA) is 84.2 Å². The van der Waals surface area contributed by atoms with Gasteiger partial charge in [-0.1, -0.05) is 26.7 Å². The summed E-state index contributed by atoms with van der Waals surface area (Å²) in [7, 11) is 1.76. The lowest BCUT2D eigenvalue weighted by Crippen LogP contribution is -2.56. The van der Waals surface area contributed by atoms with E-state index >= 15 is 0 Å². The molecule has 2 atom stereocenters. The normalized spacial score (nSPS) is 25.6. The number of carboxylic acid groups (broad SMARTS) is 1. The van der Waals surface area contributed by atoms with Crippen molar-refractivity contribution in [2.45, 2.75) is 51.5 Å². The molecule has 1 amide bonds. The molecule has 1 saturated carbocycles. The first kappa shape index (κ1) is 15.5. The fourth-order valence-electron chi connectivity index (χ4n) is 3.18. The average molecular weight is 293 g/mol. The molecule has 1 aliphatic rings. The summed E-state index contributed by atoms with van der Waals surface area (Å²) in [6, 6.07) is 0. The van der Waals surface area contributed by atoms with Crippen LogP contribution in [0.15, 0.2) is 6.20 Å². The van der Waals surface area contributed by atoms with Gasteiger partial charge in [0.1, 0.15) is 5.54 Å². The summed E-state index contributed by atoms with van der Waals surface area (Å²) >= 11 is 0. The van der Waals surface area contributed by atoms with E-state index in [0.717, 1.165) is 12.8 Å². The zero-order valence-corrected chi connectivity index (χ0v) is 12.8. The monoisotopic (exact) mass is 293 g/mol. The van der Waals surface area contributed by atoms with Gasteiger partial charge in [0.05, 0.1) is 11.3 Å². The van der Waals surface area contributed by atoms with E-state index in [1.54, 1.807) is 17.9 Å². The Bertz CT molecular complexity index is 552. The molecule has 2 unspecified atom stereocenters. The minimum absolute atomic E-state index is 0.301. The summed E-state index contributed by atoms with van der Waals surface area (Å²) in [6.45, 7) is 3.96. The van der Waals surface area contributed by atoms with Gasteiger partial charge in [-0.05, 0) is 25.2 Å². The van der Waals surface area contributed by atoms with Crippen molar-refractivity contribution in [3.63, 3.8) is 0 Å². The van der Waals surface area contributed by atoms with Gasteiger partial charge in [0.2, 0.25) is 0 Å². The van der Waals surface area contributed by atoms with Crippen LogP contribution in [0.1, 0.15) is 55.6 Å². The molecule has 0 aliphatic heterocycles. The number of carbonyl (C=O) groups is 2. The van der Waals surface area contributed by atoms with Crippen LogP contribution < -0.4 is 5.32 Å². The van der Waals surface area contributed by atoms with Gasteiger partial charge in [-0.3, -0.25) is 9.48 Å². The number of hydrogen-bond donors (Lipinski definition) is 2. The lowest BCUT2D eigenvalue weighted by Gasteiger charge is -2.37. The lowest BCUT2D eigenvalue weighted by atomic mass is 9.76. The van der Waals surface area contributed by atoms with Crippen molar-refractivity contribution in [3.05, 3.63) is 17.5 Å². The third kappa shape index (κ3) is 3.09. The summed E-state index contributed by atoms with van der Waals surface area (Å²) < 4.78 is 1.59. The molecule has 2 rings (SSSR count). The van der Waals surface area contributed by atoms with Crippen molar-refractivity contribution in [3.8, 4) is 0 Å². The van der Waals surface area contributed by atoms with Crippen LogP contribution in [0.3, 0.4) is 0 Å². The summed E-state index contributed by atoms with van der Waals surface area (Å²) in [4.78, 5) is 24.2. The molecule has 1 aliphatic carbocycles. The molecule has 116 valence electrons. The molecule has 1 fully saturated rings. The second-order valence-electron chi connectivity index (χ2n) is 6.06. The highest BCUT2D eigenvalue weighted by Crippen LogP contribution is 2.33. The lowest BCUT2D eigenvalue weighted by molar-refractivity contribution is -0.146. The largest absolute Gasteiger partial charge is 0.480 e. The van der Waals surface area contributed by atoms with Crippen LogP contribution in [0.4, 0.5) is 0 Å². The minimum atomic E-state index is -1.14. The van der Waals surface area contributed by atoms with E-state index < -0.39 is 11.5 Å². The van der Waals surface area contributed by atoms with E-state index in [-0.39, 0.29) is 5.91 Å². The van der Waals surface area contributed by atoms with Crippen LogP contribution >= 0.6 is 0 Å². The van der Waals surface area contributed by atoms with Gasteiger partial charge < -0.3 is 10.4 Å². The van der Waals surface area contributed by atoms with E-state index in [4.69, 9.17) is 0 Å². The van der Waals surface area contributed by atoms with Crippen molar-refractivity contribution in [1.82, 2.24) is 15.1 Å². The first-order valence-electron chi connectivity index (χ1n) is 7.46. The molecular weight excluding hydrogens is 270 g/mol. The molecule has 0 spiro atoms. The third-order valence-electron chi connectivity index (χ3n) is 4.24. The Morgan fingerprint density at radius 1 is 1.57 bits per heavy atom. The zero-order valence-electron chi connectivity index (χ0n) is 12.8. The number of hydrogen-bond acceptors (Lipinski definition) is 3. The van der Waals surface area contributed by atoms with E-state index in [1.807, 2.05) is 13.8 Å². The predicted octanol–water partition coefficient (Wildman–Crippen LogP) is 1.75. The highest BCUT2D eigenvalue weighted by atomic mass is 16.4. The molecule has 0 aromatic carbocycles. The Morgan fingerprint density at radius 3 is 2.86 bits per heavy atom. The molecule has 1 aromatic rings. The number of aryl methyl sites for hydroxylation is 2. The second-order valence-corrected chi connectivity index (χ2v) is 6.06. The highest BCUT2D eigenvalue weighted by molar-refractivity contribution is 5.98. The Balaban J connectivity index is 2.24. The molecule has 2 N–H and O–H groups in total. The summed E-state index contributed by atoms with van der Waals surface area (Å²) in [6.07, 6.45) is 5.09. The number of aromatic nitrogens is 2. The quantitative estimate of drug-likeness (QED) is 0.885. The molecule has 6 nitrogen and oxygen atoms in total. The maximum Gasteiger partial charge on any atom is 0.329 e. The van der Waals surface area contributed by atoms with E-state index in [1.165, 1.54) is 0 Å². The number of aliphatic carboxylic acids is 1.